The van der Waals surface area contributed by atoms with Gasteiger partial charge in [-0.3, -0.25) is 9.55 Å². The molecule has 3 rings (SSSR count). The van der Waals surface area contributed by atoms with Crippen LogP contribution in [-0.2, 0) is 0 Å². The Morgan fingerprint density at radius 3 is 2.67 bits per heavy atom. The first-order chi connectivity index (χ1) is 11.7. The van der Waals surface area contributed by atoms with Crippen molar-refractivity contribution in [3.63, 3.8) is 0 Å². The molecule has 0 saturated heterocycles. The van der Waals surface area contributed by atoms with Gasteiger partial charge in [-0.05, 0) is 43.9 Å². The number of benzene rings is 1. The molecule has 0 aliphatic rings. The smallest absolute Gasteiger partial charge is 0.196 e. The average molecular weight is 357 g/mol. The van der Waals surface area contributed by atoms with E-state index < -0.39 is 0 Å². The second kappa shape index (κ2) is 7.85. The van der Waals surface area contributed by atoms with Crippen molar-refractivity contribution in [2.45, 2.75) is 19.0 Å². The third-order valence-electron chi connectivity index (χ3n) is 3.66. The molecule has 0 bridgehead atoms. The van der Waals surface area contributed by atoms with E-state index >= 15 is 0 Å². The van der Waals surface area contributed by atoms with Gasteiger partial charge >= 0.3 is 0 Å². The summed E-state index contributed by atoms with van der Waals surface area (Å²) in [6, 6.07) is 10.4. The summed E-state index contributed by atoms with van der Waals surface area (Å²) in [5, 5.41) is 9.82. The van der Waals surface area contributed by atoms with Gasteiger partial charge in [-0.1, -0.05) is 29.5 Å². The predicted octanol–water partition coefficient (Wildman–Crippen LogP) is 4.40. The zero-order valence-corrected chi connectivity index (χ0v) is 15.7. The molecule has 0 fully saturated rings. The molecular formula is C18H20N4S2. The van der Waals surface area contributed by atoms with Crippen molar-refractivity contribution in [3.05, 3.63) is 53.9 Å². The maximum atomic E-state index is 4.45. The quantitative estimate of drug-likeness (QED) is 0.484. The van der Waals surface area contributed by atoms with E-state index in [1.54, 1.807) is 18.0 Å². The average Bonchev–Trinajstić information content (AvgIpc) is 3.00. The van der Waals surface area contributed by atoms with Crippen molar-refractivity contribution in [3.8, 4) is 17.1 Å². The highest BCUT2D eigenvalue weighted by molar-refractivity contribution is 8.02. The van der Waals surface area contributed by atoms with Gasteiger partial charge in [0, 0.05) is 29.5 Å². The van der Waals surface area contributed by atoms with E-state index in [1.807, 2.05) is 30.1 Å². The molecule has 2 aromatic heterocycles. The van der Waals surface area contributed by atoms with E-state index in [4.69, 9.17) is 0 Å². The maximum Gasteiger partial charge on any atom is 0.196 e. The molecule has 3 aromatic rings. The molecule has 0 amide bonds. The van der Waals surface area contributed by atoms with Crippen LogP contribution in [0.15, 0.2) is 47.9 Å². The van der Waals surface area contributed by atoms with Crippen molar-refractivity contribution >= 4 is 23.5 Å². The zero-order chi connectivity index (χ0) is 16.9. The summed E-state index contributed by atoms with van der Waals surface area (Å²) in [6.45, 7) is 4.24. The molecular weight excluding hydrogens is 336 g/mol. The van der Waals surface area contributed by atoms with Crippen molar-refractivity contribution in [1.29, 1.82) is 0 Å². The molecule has 124 valence electrons. The van der Waals surface area contributed by atoms with Gasteiger partial charge in [-0.15, -0.1) is 10.2 Å². The van der Waals surface area contributed by atoms with Crippen LogP contribution in [0, 0.1) is 13.8 Å². The van der Waals surface area contributed by atoms with Crippen LogP contribution < -0.4 is 0 Å². The predicted molar refractivity (Wildman–Crippen MR) is 103 cm³/mol. The van der Waals surface area contributed by atoms with Crippen LogP contribution in [0.1, 0.15) is 11.1 Å². The van der Waals surface area contributed by atoms with Gasteiger partial charge in [-0.2, -0.15) is 11.8 Å². The Kier molecular flexibility index (Phi) is 5.58. The number of hydrogen-bond donors (Lipinski definition) is 0. The molecule has 1 aromatic carbocycles. The summed E-state index contributed by atoms with van der Waals surface area (Å²) in [5.41, 5.74) is 4.56. The Morgan fingerprint density at radius 1 is 1.08 bits per heavy atom. The van der Waals surface area contributed by atoms with Gasteiger partial charge in [0.2, 0.25) is 0 Å². The molecule has 0 aliphatic heterocycles. The van der Waals surface area contributed by atoms with Crippen LogP contribution in [0.25, 0.3) is 17.1 Å². The Bertz CT molecular complexity index is 815. The van der Waals surface area contributed by atoms with E-state index in [0.29, 0.717) is 0 Å². The van der Waals surface area contributed by atoms with Gasteiger partial charge in [0.05, 0.1) is 5.69 Å². The van der Waals surface area contributed by atoms with Crippen molar-refractivity contribution < 1.29 is 0 Å². The highest BCUT2D eigenvalue weighted by Gasteiger charge is 2.17. The lowest BCUT2D eigenvalue weighted by molar-refractivity contribution is 0.880. The minimum atomic E-state index is 0.835. The van der Waals surface area contributed by atoms with Crippen molar-refractivity contribution in [2.75, 3.05) is 17.8 Å². The molecule has 6 heteroatoms. The Hall–Kier alpha value is -1.79. The molecule has 0 spiro atoms. The Balaban J connectivity index is 2.10. The molecule has 24 heavy (non-hydrogen) atoms. The standard InChI is InChI=1S/C18H20N4S2/c1-13-6-7-16(14(2)11-13)22-17(15-5-4-8-19-12-15)20-21-18(22)24-10-9-23-3/h4-8,11-12H,9-10H2,1-3H3. The fourth-order valence-electron chi connectivity index (χ4n) is 2.54. The van der Waals surface area contributed by atoms with Gasteiger partial charge in [0.1, 0.15) is 0 Å². The maximum absolute atomic E-state index is 4.45. The van der Waals surface area contributed by atoms with Gasteiger partial charge in [0.25, 0.3) is 0 Å². The van der Waals surface area contributed by atoms with Crippen LogP contribution in [0.3, 0.4) is 0 Å². The lowest BCUT2D eigenvalue weighted by atomic mass is 10.1. The number of rotatable bonds is 6. The summed E-state index contributed by atoms with van der Waals surface area (Å²) in [4.78, 5) is 4.23. The number of hydrogen-bond acceptors (Lipinski definition) is 5. The monoisotopic (exact) mass is 356 g/mol. The topological polar surface area (TPSA) is 43.6 Å². The normalized spacial score (nSPS) is 11.0. The fourth-order valence-corrected chi connectivity index (χ4v) is 4.13. The van der Waals surface area contributed by atoms with Crippen molar-refractivity contribution in [1.82, 2.24) is 19.7 Å². The minimum absolute atomic E-state index is 0.835. The van der Waals surface area contributed by atoms with E-state index in [2.05, 4.69) is 58.1 Å². The minimum Gasteiger partial charge on any atom is -0.270 e. The number of nitrogens with zero attached hydrogens (tertiary/aromatic N) is 4. The molecule has 4 nitrogen and oxygen atoms in total. The Morgan fingerprint density at radius 2 is 1.96 bits per heavy atom. The summed E-state index contributed by atoms with van der Waals surface area (Å²) >= 11 is 3.59. The lowest BCUT2D eigenvalue weighted by Gasteiger charge is -2.13. The van der Waals surface area contributed by atoms with Gasteiger partial charge in [0.15, 0.2) is 11.0 Å². The number of aryl methyl sites for hydroxylation is 2. The van der Waals surface area contributed by atoms with Gasteiger partial charge < -0.3 is 0 Å². The Labute approximate surface area is 151 Å². The SMILES string of the molecule is CSCCSc1nnc(-c2cccnc2)n1-c1ccc(C)cc1C. The van der Waals surface area contributed by atoms with Crippen LogP contribution in [0.5, 0.6) is 0 Å². The number of aromatic nitrogens is 4. The second-order valence-corrected chi connectivity index (χ2v) is 7.56. The molecule has 0 aliphatic carbocycles. The summed E-state index contributed by atoms with van der Waals surface area (Å²) < 4.78 is 2.15. The van der Waals surface area contributed by atoms with E-state index in [0.717, 1.165) is 33.7 Å². The number of thioether (sulfide) groups is 2. The van der Waals surface area contributed by atoms with E-state index in [1.165, 1.54) is 11.1 Å². The molecule has 2 heterocycles. The highest BCUT2D eigenvalue weighted by Crippen LogP contribution is 2.29. The molecule has 0 N–H and O–H groups in total. The van der Waals surface area contributed by atoms with Crippen LogP contribution >= 0.6 is 23.5 Å². The van der Waals surface area contributed by atoms with E-state index in [9.17, 15) is 0 Å². The van der Waals surface area contributed by atoms with Crippen LogP contribution in [0.2, 0.25) is 0 Å². The first-order valence-corrected chi connectivity index (χ1v) is 10.1. The first kappa shape index (κ1) is 17.0. The first-order valence-electron chi connectivity index (χ1n) is 7.76. The zero-order valence-electron chi connectivity index (χ0n) is 14.1. The van der Waals surface area contributed by atoms with Gasteiger partial charge in [-0.25, -0.2) is 0 Å². The van der Waals surface area contributed by atoms with Crippen LogP contribution in [0.4, 0.5) is 0 Å². The lowest BCUT2D eigenvalue weighted by Crippen LogP contribution is -2.03. The number of pyridine rings is 1. The molecule has 0 unspecified atom stereocenters. The third-order valence-corrected chi connectivity index (χ3v) is 5.47. The summed E-state index contributed by atoms with van der Waals surface area (Å²) in [5.74, 6) is 2.94. The van der Waals surface area contributed by atoms with Crippen LogP contribution in [-0.4, -0.2) is 37.5 Å². The third kappa shape index (κ3) is 3.65. The second-order valence-electron chi connectivity index (χ2n) is 5.51. The molecule has 0 atom stereocenters. The molecule has 0 saturated carbocycles. The highest BCUT2D eigenvalue weighted by atomic mass is 32.2. The summed E-state index contributed by atoms with van der Waals surface area (Å²) in [7, 11) is 0. The van der Waals surface area contributed by atoms with Crippen molar-refractivity contribution in [2.24, 2.45) is 0 Å². The summed E-state index contributed by atoms with van der Waals surface area (Å²) in [6.07, 6.45) is 5.73. The largest absolute Gasteiger partial charge is 0.270 e. The van der Waals surface area contributed by atoms with E-state index in [-0.39, 0.29) is 0 Å². The molecule has 0 radical (unpaired) electrons. The fraction of sp³-hybridized carbons (Fsp3) is 0.278.